The first-order valence-corrected chi connectivity index (χ1v) is 12.5. The Morgan fingerprint density at radius 1 is 1.06 bits per heavy atom. The van der Waals surface area contributed by atoms with Crippen LogP contribution in [-0.2, 0) is 14.3 Å². The van der Waals surface area contributed by atoms with Gasteiger partial charge in [-0.1, -0.05) is 58.4 Å². The van der Waals surface area contributed by atoms with Gasteiger partial charge in [0, 0.05) is 13.1 Å². The third-order valence-corrected chi connectivity index (χ3v) is 5.32. The molecule has 0 spiro atoms. The van der Waals surface area contributed by atoms with Gasteiger partial charge >= 0.3 is 6.09 Å². The Labute approximate surface area is 206 Å². The summed E-state index contributed by atoms with van der Waals surface area (Å²) in [5.74, 6) is -0.326. The second-order valence-electron chi connectivity index (χ2n) is 10.3. The van der Waals surface area contributed by atoms with Crippen molar-refractivity contribution in [1.82, 2.24) is 15.5 Å². The molecule has 7 nitrogen and oxygen atoms in total. The Kier molecular flexibility index (Phi) is 12.1. The van der Waals surface area contributed by atoms with E-state index in [4.69, 9.17) is 4.74 Å². The number of unbranched alkanes of at least 4 members (excludes halogenated alkanes) is 1. The molecule has 0 aliphatic heterocycles. The molecule has 0 heterocycles. The minimum Gasteiger partial charge on any atom is -0.444 e. The van der Waals surface area contributed by atoms with Gasteiger partial charge in [-0.25, -0.2) is 4.79 Å². The van der Waals surface area contributed by atoms with Gasteiger partial charge in [0.05, 0.1) is 0 Å². The van der Waals surface area contributed by atoms with Crippen LogP contribution < -0.4 is 10.6 Å². The van der Waals surface area contributed by atoms with E-state index in [9.17, 15) is 14.4 Å². The van der Waals surface area contributed by atoms with E-state index in [1.54, 1.807) is 25.7 Å². The summed E-state index contributed by atoms with van der Waals surface area (Å²) in [5, 5.41) is 5.78. The summed E-state index contributed by atoms with van der Waals surface area (Å²) in [6.07, 6.45) is 2.31. The van der Waals surface area contributed by atoms with Gasteiger partial charge in [-0.15, -0.1) is 0 Å². The number of ether oxygens (including phenoxy) is 1. The van der Waals surface area contributed by atoms with E-state index in [1.807, 2.05) is 52.0 Å². The topological polar surface area (TPSA) is 87.7 Å². The fraction of sp³-hybridized carbons (Fsp3) is 0.667. The molecule has 7 heteroatoms. The average molecular weight is 476 g/mol. The quantitative estimate of drug-likeness (QED) is 0.410. The molecule has 0 aliphatic rings. The van der Waals surface area contributed by atoms with E-state index in [0.717, 1.165) is 24.0 Å². The number of benzene rings is 1. The molecule has 2 unspecified atom stereocenters. The average Bonchev–Trinajstić information content (AvgIpc) is 2.72. The Morgan fingerprint density at radius 2 is 1.71 bits per heavy atom. The van der Waals surface area contributed by atoms with E-state index < -0.39 is 23.8 Å². The van der Waals surface area contributed by atoms with Gasteiger partial charge in [0.2, 0.25) is 11.8 Å². The normalized spacial score (nSPS) is 13.2. The number of alkyl carbamates (subject to hydrolysis) is 1. The molecule has 1 aromatic rings. The third kappa shape index (κ3) is 9.74. The maximum Gasteiger partial charge on any atom is 0.408 e. The first-order valence-electron chi connectivity index (χ1n) is 12.5. The lowest BCUT2D eigenvalue weighted by Crippen LogP contribution is -2.53. The summed E-state index contributed by atoms with van der Waals surface area (Å²) >= 11 is 0. The van der Waals surface area contributed by atoms with Gasteiger partial charge in [-0.05, 0) is 64.0 Å². The summed E-state index contributed by atoms with van der Waals surface area (Å²) < 4.78 is 5.42. The van der Waals surface area contributed by atoms with Crippen LogP contribution in [0.25, 0.3) is 0 Å². The second kappa shape index (κ2) is 14.0. The van der Waals surface area contributed by atoms with Gasteiger partial charge in [-0.2, -0.15) is 0 Å². The molecule has 0 saturated carbocycles. The van der Waals surface area contributed by atoms with Crippen molar-refractivity contribution in [3.05, 3.63) is 35.4 Å². The maximum absolute atomic E-state index is 13.9. The van der Waals surface area contributed by atoms with Gasteiger partial charge in [0.25, 0.3) is 0 Å². The number of carbonyl (C=O) groups excluding carboxylic acids is 3. The Hall–Kier alpha value is -2.57. The first kappa shape index (κ1) is 29.5. The van der Waals surface area contributed by atoms with E-state index >= 15 is 0 Å². The van der Waals surface area contributed by atoms with Crippen molar-refractivity contribution in [3.63, 3.8) is 0 Å². The van der Waals surface area contributed by atoms with Crippen LogP contribution in [0.15, 0.2) is 24.3 Å². The molecule has 192 valence electrons. The lowest BCUT2D eigenvalue weighted by atomic mass is 9.96. The molecule has 0 fully saturated rings. The molecule has 3 amide bonds. The van der Waals surface area contributed by atoms with E-state index in [-0.39, 0.29) is 17.7 Å². The highest BCUT2D eigenvalue weighted by atomic mass is 16.6. The predicted octanol–water partition coefficient (Wildman–Crippen LogP) is 5.13. The zero-order valence-electron chi connectivity index (χ0n) is 22.4. The molecule has 0 bridgehead atoms. The highest BCUT2D eigenvalue weighted by Gasteiger charge is 2.36. The SMILES string of the molecule is CCCCNC(=O)C(c1ccccc1C)N(CCC)C(=O)C(CC(C)C)NC(=O)OC(C)(C)C. The zero-order valence-corrected chi connectivity index (χ0v) is 22.4. The molecule has 0 saturated heterocycles. The number of aryl methyl sites for hydroxylation is 1. The number of rotatable bonds is 12. The van der Waals surface area contributed by atoms with Crippen LogP contribution in [0.4, 0.5) is 4.79 Å². The second-order valence-corrected chi connectivity index (χ2v) is 10.3. The monoisotopic (exact) mass is 475 g/mol. The summed E-state index contributed by atoms with van der Waals surface area (Å²) in [7, 11) is 0. The van der Waals surface area contributed by atoms with Crippen molar-refractivity contribution in [2.24, 2.45) is 5.92 Å². The molecule has 0 radical (unpaired) electrons. The van der Waals surface area contributed by atoms with Gasteiger partial charge in [0.15, 0.2) is 0 Å². The Balaban J connectivity index is 3.38. The van der Waals surface area contributed by atoms with E-state index in [0.29, 0.717) is 25.9 Å². The molecule has 2 N–H and O–H groups in total. The van der Waals surface area contributed by atoms with Crippen molar-refractivity contribution < 1.29 is 19.1 Å². The van der Waals surface area contributed by atoms with E-state index in [1.165, 1.54) is 0 Å². The molecule has 0 aliphatic carbocycles. The number of nitrogens with one attached hydrogen (secondary N) is 2. The van der Waals surface area contributed by atoms with Crippen molar-refractivity contribution in [2.45, 2.75) is 98.8 Å². The number of hydrogen-bond acceptors (Lipinski definition) is 4. The lowest BCUT2D eigenvalue weighted by molar-refractivity contribution is -0.142. The smallest absolute Gasteiger partial charge is 0.408 e. The molecular weight excluding hydrogens is 430 g/mol. The number of nitrogens with zero attached hydrogens (tertiary/aromatic N) is 1. The summed E-state index contributed by atoms with van der Waals surface area (Å²) in [6, 6.07) is 6.07. The minimum atomic E-state index is -0.795. The summed E-state index contributed by atoms with van der Waals surface area (Å²) in [5.41, 5.74) is 1.05. The fourth-order valence-electron chi connectivity index (χ4n) is 3.78. The highest BCUT2D eigenvalue weighted by Crippen LogP contribution is 2.26. The molecule has 34 heavy (non-hydrogen) atoms. The van der Waals surface area contributed by atoms with Crippen molar-refractivity contribution in [1.29, 1.82) is 0 Å². The van der Waals surface area contributed by atoms with Crippen LogP contribution >= 0.6 is 0 Å². The van der Waals surface area contributed by atoms with E-state index in [2.05, 4.69) is 17.6 Å². The first-order chi connectivity index (χ1) is 15.9. The van der Waals surface area contributed by atoms with Crippen LogP contribution in [0, 0.1) is 12.8 Å². The van der Waals surface area contributed by atoms with Crippen LogP contribution in [0.2, 0.25) is 0 Å². The number of hydrogen-bond donors (Lipinski definition) is 2. The molecule has 0 aromatic heterocycles. The van der Waals surface area contributed by atoms with Crippen molar-refractivity contribution >= 4 is 17.9 Å². The molecular formula is C27H45N3O4. The predicted molar refractivity (Wildman–Crippen MR) is 136 cm³/mol. The standard InChI is InChI=1S/C27H45N3O4/c1-9-11-16-28-24(31)23(21-15-13-12-14-20(21)5)30(17-10-2)25(32)22(18-19(3)4)29-26(33)34-27(6,7)8/h12-15,19,22-23H,9-11,16-18H2,1-8H3,(H,28,31)(H,29,33). The van der Waals surface area contributed by atoms with Crippen LogP contribution in [-0.4, -0.2) is 47.5 Å². The molecule has 1 aromatic carbocycles. The van der Waals surface area contributed by atoms with Crippen molar-refractivity contribution in [2.75, 3.05) is 13.1 Å². The minimum absolute atomic E-state index is 0.155. The fourth-order valence-corrected chi connectivity index (χ4v) is 3.78. The molecule has 2 atom stereocenters. The number of amides is 3. The zero-order chi connectivity index (χ0) is 25.9. The Morgan fingerprint density at radius 3 is 2.24 bits per heavy atom. The largest absolute Gasteiger partial charge is 0.444 e. The summed E-state index contributed by atoms with van der Waals surface area (Å²) in [4.78, 5) is 41.5. The van der Waals surface area contributed by atoms with Crippen LogP contribution in [0.3, 0.4) is 0 Å². The maximum atomic E-state index is 13.9. The highest BCUT2D eigenvalue weighted by molar-refractivity contribution is 5.92. The number of carbonyl (C=O) groups is 3. The van der Waals surface area contributed by atoms with Gasteiger partial charge in [-0.3, -0.25) is 9.59 Å². The molecule has 1 rings (SSSR count). The lowest BCUT2D eigenvalue weighted by Gasteiger charge is -2.35. The van der Waals surface area contributed by atoms with Crippen LogP contribution in [0.5, 0.6) is 0 Å². The van der Waals surface area contributed by atoms with Crippen molar-refractivity contribution in [3.8, 4) is 0 Å². The van der Waals surface area contributed by atoms with Gasteiger partial charge in [0.1, 0.15) is 17.7 Å². The van der Waals surface area contributed by atoms with Crippen LogP contribution in [0.1, 0.15) is 91.3 Å². The summed E-state index contributed by atoms with van der Waals surface area (Å²) in [6.45, 7) is 16.3. The Bertz CT molecular complexity index is 801. The third-order valence-electron chi connectivity index (χ3n) is 5.32. The van der Waals surface area contributed by atoms with Gasteiger partial charge < -0.3 is 20.3 Å².